The van der Waals surface area contributed by atoms with Crippen molar-refractivity contribution in [2.24, 2.45) is 0 Å². The third-order valence-electron chi connectivity index (χ3n) is 4.19. The highest BCUT2D eigenvalue weighted by molar-refractivity contribution is 6.37. The molecule has 30 heavy (non-hydrogen) atoms. The number of halogens is 2. The molecule has 0 saturated heterocycles. The van der Waals surface area contributed by atoms with Crippen LogP contribution in [0.25, 0.3) is 6.08 Å². The molecule has 0 aliphatic carbocycles. The first-order chi connectivity index (χ1) is 14.5. The van der Waals surface area contributed by atoms with Gasteiger partial charge in [0.05, 0.1) is 10.0 Å². The number of hydrogen-bond donors (Lipinski definition) is 1. The molecule has 0 aliphatic heterocycles. The van der Waals surface area contributed by atoms with E-state index in [1.54, 1.807) is 36.4 Å². The number of ether oxygens (including phenoxy) is 1. The van der Waals surface area contributed by atoms with E-state index >= 15 is 0 Å². The number of benzene rings is 3. The van der Waals surface area contributed by atoms with Crippen molar-refractivity contribution in [3.63, 3.8) is 0 Å². The van der Waals surface area contributed by atoms with Gasteiger partial charge in [0.15, 0.2) is 5.75 Å². The van der Waals surface area contributed by atoms with Crippen molar-refractivity contribution >= 4 is 40.9 Å². The number of nitrogens with one attached hydrogen (secondary N) is 1. The number of anilines is 1. The summed E-state index contributed by atoms with van der Waals surface area (Å²) in [5.74, 6) is -0.167. The first kappa shape index (κ1) is 21.4. The number of carbonyl (C=O) groups excluding carboxylic acids is 1. The van der Waals surface area contributed by atoms with Gasteiger partial charge in [-0.1, -0.05) is 71.2 Å². The predicted octanol–water partition coefficient (Wildman–Crippen LogP) is 6.43. The highest BCUT2D eigenvalue weighted by atomic mass is 35.5. The summed E-state index contributed by atoms with van der Waals surface area (Å²) in [5, 5.41) is 12.7. The molecule has 0 fully saturated rings. The van der Waals surface area contributed by atoms with Crippen molar-refractivity contribution in [3.05, 3.63) is 99.0 Å². The number of para-hydroxylation sites is 1. The highest BCUT2D eigenvalue weighted by Crippen LogP contribution is 2.35. The summed E-state index contributed by atoms with van der Waals surface area (Å²) < 4.78 is 5.79. The third-order valence-corrected chi connectivity index (χ3v) is 4.76. The Balaban J connectivity index is 1.77. The Hall–Kier alpha value is -3.26. The summed E-state index contributed by atoms with van der Waals surface area (Å²) in [5.41, 5.74) is 3.17. The van der Waals surface area contributed by atoms with Crippen molar-refractivity contribution in [2.45, 2.75) is 13.5 Å². The van der Waals surface area contributed by atoms with E-state index in [0.29, 0.717) is 33.7 Å². The average molecular weight is 437 g/mol. The number of nitrogens with zero attached hydrogens (tertiary/aromatic N) is 1. The van der Waals surface area contributed by atoms with E-state index in [9.17, 15) is 10.1 Å². The number of aryl methyl sites for hydroxylation is 1. The summed E-state index contributed by atoms with van der Waals surface area (Å²) in [6.07, 6.45) is 1.43. The topological polar surface area (TPSA) is 62.1 Å². The molecule has 0 spiro atoms. The summed E-state index contributed by atoms with van der Waals surface area (Å²) in [7, 11) is 0. The maximum Gasteiger partial charge on any atom is 0.266 e. The van der Waals surface area contributed by atoms with Crippen molar-refractivity contribution < 1.29 is 9.53 Å². The van der Waals surface area contributed by atoms with Crippen LogP contribution < -0.4 is 10.1 Å². The molecular formula is C24H18Cl2N2O2. The number of hydrogen-bond acceptors (Lipinski definition) is 3. The Morgan fingerprint density at radius 3 is 2.40 bits per heavy atom. The van der Waals surface area contributed by atoms with Crippen LogP contribution in [-0.4, -0.2) is 5.91 Å². The molecule has 6 heteroatoms. The lowest BCUT2D eigenvalue weighted by molar-refractivity contribution is -0.112. The van der Waals surface area contributed by atoms with Crippen LogP contribution in [0, 0.1) is 18.3 Å². The zero-order valence-electron chi connectivity index (χ0n) is 16.2. The molecule has 0 unspecified atom stereocenters. The fourth-order valence-electron chi connectivity index (χ4n) is 2.79. The fraction of sp³-hybridized carbons (Fsp3) is 0.0833. The van der Waals surface area contributed by atoms with Gasteiger partial charge in [0.1, 0.15) is 18.2 Å². The van der Waals surface area contributed by atoms with Crippen LogP contribution in [0.5, 0.6) is 5.75 Å². The van der Waals surface area contributed by atoms with Gasteiger partial charge >= 0.3 is 0 Å². The molecular weight excluding hydrogens is 419 g/mol. The predicted molar refractivity (Wildman–Crippen MR) is 121 cm³/mol. The van der Waals surface area contributed by atoms with Crippen molar-refractivity contribution in [1.29, 1.82) is 5.26 Å². The molecule has 3 rings (SSSR count). The minimum absolute atomic E-state index is 0.0700. The normalized spacial score (nSPS) is 10.9. The van der Waals surface area contributed by atoms with Crippen LogP contribution in [0.1, 0.15) is 16.7 Å². The summed E-state index contributed by atoms with van der Waals surface area (Å²) >= 11 is 12.7. The Labute approximate surface area is 185 Å². The monoisotopic (exact) mass is 436 g/mol. The Kier molecular flexibility index (Phi) is 7.13. The minimum atomic E-state index is -0.518. The van der Waals surface area contributed by atoms with Gasteiger partial charge in [0.2, 0.25) is 0 Å². The first-order valence-electron chi connectivity index (χ1n) is 9.12. The van der Waals surface area contributed by atoms with Crippen molar-refractivity contribution in [3.8, 4) is 11.8 Å². The van der Waals surface area contributed by atoms with Crippen LogP contribution in [-0.2, 0) is 11.4 Å². The number of carbonyl (C=O) groups is 1. The number of amides is 1. The zero-order valence-corrected chi connectivity index (χ0v) is 17.7. The van der Waals surface area contributed by atoms with Gasteiger partial charge in [-0.25, -0.2) is 0 Å². The standard InChI is InChI=1S/C24H18Cl2N2O2/c1-16-6-5-7-17(10-16)15-30-23-21(25)12-18(13-22(23)26)11-19(14-27)24(29)28-20-8-3-2-4-9-20/h2-13H,15H2,1H3,(H,28,29)/b19-11-. The second-order valence-electron chi connectivity index (χ2n) is 6.58. The Bertz CT molecular complexity index is 1110. The Morgan fingerprint density at radius 1 is 1.07 bits per heavy atom. The second-order valence-corrected chi connectivity index (χ2v) is 7.40. The van der Waals surface area contributed by atoms with Crippen LogP contribution >= 0.6 is 23.2 Å². The molecule has 0 atom stereocenters. The van der Waals surface area contributed by atoms with Crippen LogP contribution in [0.3, 0.4) is 0 Å². The first-order valence-corrected chi connectivity index (χ1v) is 9.87. The van der Waals surface area contributed by atoms with Gasteiger partial charge < -0.3 is 10.1 Å². The highest BCUT2D eigenvalue weighted by Gasteiger charge is 2.13. The van der Waals surface area contributed by atoms with E-state index < -0.39 is 5.91 Å². The minimum Gasteiger partial charge on any atom is -0.486 e. The maximum absolute atomic E-state index is 12.4. The van der Waals surface area contributed by atoms with E-state index in [4.69, 9.17) is 27.9 Å². The second kappa shape index (κ2) is 9.98. The van der Waals surface area contributed by atoms with E-state index in [-0.39, 0.29) is 5.57 Å². The molecule has 4 nitrogen and oxygen atoms in total. The third kappa shape index (κ3) is 5.64. The summed E-state index contributed by atoms with van der Waals surface area (Å²) in [4.78, 5) is 12.4. The lowest BCUT2D eigenvalue weighted by atomic mass is 10.1. The molecule has 0 heterocycles. The molecule has 0 aromatic heterocycles. The molecule has 3 aromatic carbocycles. The van der Waals surface area contributed by atoms with Crippen molar-refractivity contribution in [2.75, 3.05) is 5.32 Å². The van der Waals surface area contributed by atoms with Gasteiger partial charge in [0, 0.05) is 5.69 Å². The van der Waals surface area contributed by atoms with Gasteiger partial charge in [0.25, 0.3) is 5.91 Å². The zero-order chi connectivity index (χ0) is 21.5. The lowest BCUT2D eigenvalue weighted by Gasteiger charge is -2.11. The van der Waals surface area contributed by atoms with E-state index in [1.807, 2.05) is 43.3 Å². The maximum atomic E-state index is 12.4. The Morgan fingerprint density at radius 2 is 1.77 bits per heavy atom. The number of rotatable bonds is 6. The van der Waals surface area contributed by atoms with Gasteiger partial charge in [-0.05, 0) is 48.4 Å². The van der Waals surface area contributed by atoms with Crippen LogP contribution in [0.4, 0.5) is 5.69 Å². The molecule has 150 valence electrons. The molecule has 0 saturated carbocycles. The number of nitriles is 1. The van der Waals surface area contributed by atoms with E-state index in [2.05, 4.69) is 5.32 Å². The smallest absolute Gasteiger partial charge is 0.266 e. The molecule has 0 bridgehead atoms. The molecule has 0 radical (unpaired) electrons. The molecule has 1 N–H and O–H groups in total. The van der Waals surface area contributed by atoms with Gasteiger partial charge in [-0.3, -0.25) is 4.79 Å². The molecule has 1 amide bonds. The summed E-state index contributed by atoms with van der Waals surface area (Å²) in [6, 6.07) is 21.9. The fourth-order valence-corrected chi connectivity index (χ4v) is 3.41. The molecule has 0 aliphatic rings. The van der Waals surface area contributed by atoms with Crippen LogP contribution in [0.2, 0.25) is 10.0 Å². The van der Waals surface area contributed by atoms with Crippen LogP contribution in [0.15, 0.2) is 72.3 Å². The SMILES string of the molecule is Cc1cccc(COc2c(Cl)cc(/C=C(/C#N)C(=O)Nc3ccccc3)cc2Cl)c1. The van der Waals surface area contributed by atoms with Gasteiger partial charge in [-0.15, -0.1) is 0 Å². The quantitative estimate of drug-likeness (QED) is 0.357. The lowest BCUT2D eigenvalue weighted by Crippen LogP contribution is -2.13. The summed E-state index contributed by atoms with van der Waals surface area (Å²) in [6.45, 7) is 2.32. The van der Waals surface area contributed by atoms with E-state index in [0.717, 1.165) is 11.1 Å². The van der Waals surface area contributed by atoms with Crippen molar-refractivity contribution in [1.82, 2.24) is 0 Å². The molecule has 3 aromatic rings. The average Bonchev–Trinajstić information content (AvgIpc) is 2.72. The van der Waals surface area contributed by atoms with E-state index in [1.165, 1.54) is 6.08 Å². The largest absolute Gasteiger partial charge is 0.486 e. The van der Waals surface area contributed by atoms with Gasteiger partial charge in [-0.2, -0.15) is 5.26 Å².